The standard InChI is InChI=1S/C11H15N3O5/c1-7(2)19-4-3-12-10-9(14(17)18)5-8(6-13-10)11(15)16/h5-7H,3-4H2,1-2H3,(H,12,13)(H,15,16). The van der Waals surface area contributed by atoms with Crippen LogP contribution in [-0.2, 0) is 4.74 Å². The number of nitrogens with zero attached hydrogens (tertiary/aromatic N) is 2. The lowest BCUT2D eigenvalue weighted by atomic mass is 10.2. The number of anilines is 1. The molecule has 1 aromatic heterocycles. The number of nitrogens with one attached hydrogen (secondary N) is 1. The fourth-order valence-corrected chi connectivity index (χ4v) is 1.31. The minimum atomic E-state index is -1.26. The molecule has 0 amide bonds. The Morgan fingerprint density at radius 1 is 1.63 bits per heavy atom. The Balaban J connectivity index is 2.77. The molecule has 0 aliphatic heterocycles. The average Bonchev–Trinajstić information content (AvgIpc) is 2.34. The lowest BCUT2D eigenvalue weighted by Crippen LogP contribution is -2.15. The second-order valence-corrected chi connectivity index (χ2v) is 4.00. The monoisotopic (exact) mass is 269 g/mol. The van der Waals surface area contributed by atoms with Crippen molar-refractivity contribution in [3.63, 3.8) is 0 Å². The summed E-state index contributed by atoms with van der Waals surface area (Å²) >= 11 is 0. The highest BCUT2D eigenvalue weighted by molar-refractivity contribution is 5.88. The van der Waals surface area contributed by atoms with E-state index < -0.39 is 10.9 Å². The molecule has 0 saturated heterocycles. The van der Waals surface area contributed by atoms with Crippen molar-refractivity contribution in [3.05, 3.63) is 27.9 Å². The molecule has 2 N–H and O–H groups in total. The zero-order chi connectivity index (χ0) is 14.4. The normalized spacial score (nSPS) is 10.5. The Morgan fingerprint density at radius 2 is 2.32 bits per heavy atom. The van der Waals surface area contributed by atoms with Crippen molar-refractivity contribution in [2.75, 3.05) is 18.5 Å². The van der Waals surface area contributed by atoms with E-state index in [4.69, 9.17) is 9.84 Å². The summed E-state index contributed by atoms with van der Waals surface area (Å²) in [5, 5.41) is 22.3. The minimum Gasteiger partial charge on any atom is -0.478 e. The number of hydrogen-bond donors (Lipinski definition) is 2. The largest absolute Gasteiger partial charge is 0.478 e. The predicted molar refractivity (Wildman–Crippen MR) is 67.4 cm³/mol. The number of carboxylic acid groups (broad SMARTS) is 1. The molecule has 19 heavy (non-hydrogen) atoms. The van der Waals surface area contributed by atoms with E-state index in [1.54, 1.807) is 0 Å². The third-order valence-electron chi connectivity index (χ3n) is 2.16. The van der Waals surface area contributed by atoms with Crippen LogP contribution < -0.4 is 5.32 Å². The van der Waals surface area contributed by atoms with Crippen LogP contribution >= 0.6 is 0 Å². The molecular weight excluding hydrogens is 254 g/mol. The molecule has 0 spiro atoms. The van der Waals surface area contributed by atoms with Crippen molar-refractivity contribution in [2.45, 2.75) is 20.0 Å². The van der Waals surface area contributed by atoms with Crippen LogP contribution in [0.3, 0.4) is 0 Å². The molecular formula is C11H15N3O5. The Hall–Kier alpha value is -2.22. The van der Waals surface area contributed by atoms with Gasteiger partial charge in [0.2, 0.25) is 5.82 Å². The molecule has 0 aliphatic carbocycles. The zero-order valence-corrected chi connectivity index (χ0v) is 10.6. The summed E-state index contributed by atoms with van der Waals surface area (Å²) in [6.07, 6.45) is 1.14. The molecule has 0 unspecified atom stereocenters. The number of hydrogen-bond acceptors (Lipinski definition) is 6. The average molecular weight is 269 g/mol. The van der Waals surface area contributed by atoms with E-state index in [0.29, 0.717) is 13.2 Å². The first kappa shape index (κ1) is 14.8. The molecule has 104 valence electrons. The molecule has 0 saturated carbocycles. The third kappa shape index (κ3) is 4.51. The van der Waals surface area contributed by atoms with Crippen molar-refractivity contribution in [1.82, 2.24) is 4.98 Å². The van der Waals surface area contributed by atoms with E-state index in [0.717, 1.165) is 12.3 Å². The quantitative estimate of drug-likeness (QED) is 0.438. The summed E-state index contributed by atoms with van der Waals surface area (Å²) in [6, 6.07) is 0.973. The van der Waals surface area contributed by atoms with Gasteiger partial charge in [-0.25, -0.2) is 9.78 Å². The van der Waals surface area contributed by atoms with E-state index in [2.05, 4.69) is 10.3 Å². The molecule has 1 rings (SSSR count). The summed E-state index contributed by atoms with van der Waals surface area (Å²) < 4.78 is 5.27. The van der Waals surface area contributed by atoms with Gasteiger partial charge in [0.25, 0.3) is 0 Å². The Bertz CT molecular complexity index is 475. The first-order valence-corrected chi connectivity index (χ1v) is 5.65. The molecule has 0 atom stereocenters. The van der Waals surface area contributed by atoms with Crippen LogP contribution in [0.5, 0.6) is 0 Å². The molecule has 8 heteroatoms. The first-order valence-electron chi connectivity index (χ1n) is 5.65. The van der Waals surface area contributed by atoms with Crippen LogP contribution in [0, 0.1) is 10.1 Å². The number of carboxylic acids is 1. The van der Waals surface area contributed by atoms with Crippen LogP contribution in [0.25, 0.3) is 0 Å². The fourth-order valence-electron chi connectivity index (χ4n) is 1.31. The number of carbonyl (C=O) groups is 1. The predicted octanol–water partition coefficient (Wildman–Crippen LogP) is 1.52. The van der Waals surface area contributed by atoms with Crippen LogP contribution in [0.2, 0.25) is 0 Å². The molecule has 0 aliphatic rings. The molecule has 0 radical (unpaired) electrons. The fraction of sp³-hybridized carbons (Fsp3) is 0.455. The Labute approximate surface area is 109 Å². The number of aromatic nitrogens is 1. The van der Waals surface area contributed by atoms with Crippen molar-refractivity contribution < 1.29 is 19.6 Å². The van der Waals surface area contributed by atoms with Crippen LogP contribution in [0.15, 0.2) is 12.3 Å². The number of ether oxygens (including phenoxy) is 1. The van der Waals surface area contributed by atoms with E-state index in [9.17, 15) is 14.9 Å². The van der Waals surface area contributed by atoms with Gasteiger partial charge in [0, 0.05) is 18.8 Å². The maximum Gasteiger partial charge on any atom is 0.337 e. The summed E-state index contributed by atoms with van der Waals surface area (Å²) in [7, 11) is 0. The van der Waals surface area contributed by atoms with Gasteiger partial charge in [-0.15, -0.1) is 0 Å². The van der Waals surface area contributed by atoms with Gasteiger partial charge < -0.3 is 15.2 Å². The molecule has 8 nitrogen and oxygen atoms in total. The SMILES string of the molecule is CC(C)OCCNc1ncc(C(=O)O)cc1[N+](=O)[O-]. The maximum absolute atomic E-state index is 10.8. The van der Waals surface area contributed by atoms with Crippen molar-refractivity contribution in [1.29, 1.82) is 0 Å². The smallest absolute Gasteiger partial charge is 0.337 e. The van der Waals surface area contributed by atoms with Gasteiger partial charge in [0.1, 0.15) is 0 Å². The topological polar surface area (TPSA) is 115 Å². The van der Waals surface area contributed by atoms with Gasteiger partial charge in [0.15, 0.2) is 0 Å². The third-order valence-corrected chi connectivity index (χ3v) is 2.16. The molecule has 1 heterocycles. The zero-order valence-electron chi connectivity index (χ0n) is 10.6. The van der Waals surface area contributed by atoms with Gasteiger partial charge in [0.05, 0.1) is 23.2 Å². The van der Waals surface area contributed by atoms with E-state index in [1.807, 2.05) is 13.8 Å². The molecule has 1 aromatic rings. The maximum atomic E-state index is 10.8. The summed E-state index contributed by atoms with van der Waals surface area (Å²) in [5.74, 6) is -1.23. The van der Waals surface area contributed by atoms with Crippen LogP contribution in [0.1, 0.15) is 24.2 Å². The lowest BCUT2D eigenvalue weighted by Gasteiger charge is -2.09. The number of nitro groups is 1. The van der Waals surface area contributed by atoms with Crippen LogP contribution in [0.4, 0.5) is 11.5 Å². The summed E-state index contributed by atoms with van der Waals surface area (Å²) in [4.78, 5) is 24.6. The summed E-state index contributed by atoms with van der Waals surface area (Å²) in [6.45, 7) is 4.47. The lowest BCUT2D eigenvalue weighted by molar-refractivity contribution is -0.384. The molecule has 0 aromatic carbocycles. The van der Waals surface area contributed by atoms with Crippen molar-refractivity contribution >= 4 is 17.5 Å². The van der Waals surface area contributed by atoms with Gasteiger partial charge in [-0.3, -0.25) is 10.1 Å². The number of pyridine rings is 1. The molecule has 0 fully saturated rings. The van der Waals surface area contributed by atoms with Gasteiger partial charge in [-0.1, -0.05) is 0 Å². The Kier molecular flexibility index (Phi) is 5.19. The second kappa shape index (κ2) is 6.64. The van der Waals surface area contributed by atoms with E-state index in [1.165, 1.54) is 0 Å². The number of rotatable bonds is 7. The Morgan fingerprint density at radius 3 is 2.84 bits per heavy atom. The highest BCUT2D eigenvalue weighted by Crippen LogP contribution is 2.22. The van der Waals surface area contributed by atoms with E-state index >= 15 is 0 Å². The van der Waals surface area contributed by atoms with Gasteiger partial charge in [-0.2, -0.15) is 0 Å². The second-order valence-electron chi connectivity index (χ2n) is 4.00. The number of aromatic carboxylic acids is 1. The summed E-state index contributed by atoms with van der Waals surface area (Å²) in [5.41, 5.74) is -0.597. The van der Waals surface area contributed by atoms with Crippen LogP contribution in [-0.4, -0.2) is 40.2 Å². The van der Waals surface area contributed by atoms with Crippen molar-refractivity contribution in [3.8, 4) is 0 Å². The van der Waals surface area contributed by atoms with Gasteiger partial charge in [-0.05, 0) is 13.8 Å². The van der Waals surface area contributed by atoms with Crippen molar-refractivity contribution in [2.24, 2.45) is 0 Å². The van der Waals surface area contributed by atoms with E-state index in [-0.39, 0.29) is 23.2 Å². The molecule has 0 bridgehead atoms. The highest BCUT2D eigenvalue weighted by atomic mass is 16.6. The first-order chi connectivity index (χ1) is 8.91. The van der Waals surface area contributed by atoms with Gasteiger partial charge >= 0.3 is 11.7 Å². The highest BCUT2D eigenvalue weighted by Gasteiger charge is 2.18. The minimum absolute atomic E-state index is 0.0300.